The summed E-state index contributed by atoms with van der Waals surface area (Å²) in [7, 11) is 1.69. The summed E-state index contributed by atoms with van der Waals surface area (Å²) in [4.78, 5) is 24.5. The lowest BCUT2D eigenvalue weighted by molar-refractivity contribution is 0.0497. The van der Waals surface area contributed by atoms with Crippen LogP contribution in [0, 0.1) is 0 Å². The van der Waals surface area contributed by atoms with E-state index in [2.05, 4.69) is 6.92 Å². The molecule has 6 heteroatoms. The zero-order chi connectivity index (χ0) is 23.7. The van der Waals surface area contributed by atoms with Crippen LogP contribution < -0.4 is 9.47 Å². The molecule has 0 heterocycles. The minimum atomic E-state index is -0.465. The van der Waals surface area contributed by atoms with E-state index < -0.39 is 5.97 Å². The molecule has 0 bridgehead atoms. The lowest BCUT2D eigenvalue weighted by atomic mass is 10.2. The normalized spacial score (nSPS) is 10.6. The Morgan fingerprint density at radius 3 is 1.82 bits per heavy atom. The Hall–Kier alpha value is -2.86. The number of ether oxygens (including phenoxy) is 4. The topological polar surface area (TPSA) is 71.1 Å². The quantitative estimate of drug-likeness (QED) is 0.169. The van der Waals surface area contributed by atoms with Gasteiger partial charge < -0.3 is 18.9 Å². The molecule has 2 aromatic carbocycles. The molecule has 0 N–H and O–H groups in total. The van der Waals surface area contributed by atoms with Crippen LogP contribution in [0.1, 0.15) is 79.0 Å². The van der Waals surface area contributed by atoms with Crippen LogP contribution in [0.3, 0.4) is 0 Å². The molecule has 0 spiro atoms. The number of methoxy groups -OCH3 is 1. The second kappa shape index (κ2) is 15.9. The molecule has 0 aliphatic carbocycles. The van der Waals surface area contributed by atoms with Gasteiger partial charge in [0.15, 0.2) is 0 Å². The SMILES string of the molecule is CCCCCCOc1ccc(C(=O)Oc2ccc(C(=O)OCCCCCCOC)cc2)cc1. The van der Waals surface area contributed by atoms with E-state index >= 15 is 0 Å². The minimum absolute atomic E-state index is 0.367. The van der Waals surface area contributed by atoms with Crippen LogP contribution in [0.25, 0.3) is 0 Å². The molecule has 6 nitrogen and oxygen atoms in total. The molecule has 0 radical (unpaired) electrons. The van der Waals surface area contributed by atoms with E-state index in [1.807, 2.05) is 0 Å². The van der Waals surface area contributed by atoms with Crippen molar-refractivity contribution in [3.8, 4) is 11.5 Å². The number of hydrogen-bond donors (Lipinski definition) is 0. The Kier molecular flexibility index (Phi) is 12.7. The largest absolute Gasteiger partial charge is 0.494 e. The van der Waals surface area contributed by atoms with Crippen molar-refractivity contribution in [3.05, 3.63) is 59.7 Å². The molecule has 0 aliphatic heterocycles. The summed E-state index contributed by atoms with van der Waals surface area (Å²) in [5.41, 5.74) is 0.858. The highest BCUT2D eigenvalue weighted by atomic mass is 16.5. The van der Waals surface area contributed by atoms with Crippen LogP contribution in [-0.2, 0) is 9.47 Å². The van der Waals surface area contributed by atoms with Gasteiger partial charge in [0.1, 0.15) is 11.5 Å². The molecule has 0 aromatic heterocycles. The van der Waals surface area contributed by atoms with Crippen LogP contribution in [0.4, 0.5) is 0 Å². The van der Waals surface area contributed by atoms with Crippen molar-refractivity contribution in [3.63, 3.8) is 0 Å². The summed E-state index contributed by atoms with van der Waals surface area (Å²) in [6, 6.07) is 13.3. The van der Waals surface area contributed by atoms with Crippen LogP contribution in [0.2, 0.25) is 0 Å². The van der Waals surface area contributed by atoms with Crippen LogP contribution in [0.5, 0.6) is 11.5 Å². The monoisotopic (exact) mass is 456 g/mol. The summed E-state index contributed by atoms with van der Waals surface area (Å²) in [6.45, 7) is 4.00. The van der Waals surface area contributed by atoms with Crippen molar-refractivity contribution in [2.75, 3.05) is 26.9 Å². The average Bonchev–Trinajstić information content (AvgIpc) is 2.84. The number of rotatable bonds is 16. The van der Waals surface area contributed by atoms with Gasteiger partial charge in [0.2, 0.25) is 0 Å². The highest BCUT2D eigenvalue weighted by Gasteiger charge is 2.11. The van der Waals surface area contributed by atoms with E-state index in [0.29, 0.717) is 30.1 Å². The molecule has 0 aliphatic rings. The van der Waals surface area contributed by atoms with Crippen molar-refractivity contribution in [1.82, 2.24) is 0 Å². The minimum Gasteiger partial charge on any atom is -0.494 e. The predicted molar refractivity (Wildman–Crippen MR) is 128 cm³/mol. The molecule has 0 saturated heterocycles. The Labute approximate surface area is 197 Å². The number of hydrogen-bond acceptors (Lipinski definition) is 6. The van der Waals surface area contributed by atoms with Gasteiger partial charge in [-0.3, -0.25) is 0 Å². The smallest absolute Gasteiger partial charge is 0.343 e. The highest BCUT2D eigenvalue weighted by molar-refractivity contribution is 5.92. The Morgan fingerprint density at radius 2 is 1.18 bits per heavy atom. The van der Waals surface area contributed by atoms with E-state index in [-0.39, 0.29) is 5.97 Å². The third-order valence-corrected chi connectivity index (χ3v) is 5.13. The predicted octanol–water partition coefficient (Wildman–Crippen LogP) is 6.23. The van der Waals surface area contributed by atoms with E-state index in [1.54, 1.807) is 55.6 Å². The van der Waals surface area contributed by atoms with Gasteiger partial charge in [0.25, 0.3) is 0 Å². The van der Waals surface area contributed by atoms with Crippen LogP contribution in [0.15, 0.2) is 48.5 Å². The van der Waals surface area contributed by atoms with Gasteiger partial charge in [0, 0.05) is 13.7 Å². The molecule has 0 fully saturated rings. The maximum Gasteiger partial charge on any atom is 0.343 e. The first-order valence-electron chi connectivity index (χ1n) is 11.8. The standard InChI is InChI=1S/C27H36O6/c1-3-4-5-9-20-31-24-15-11-23(12-16-24)27(29)33-25-17-13-22(14-18-25)26(28)32-21-10-7-6-8-19-30-2/h11-18H,3-10,19-21H2,1-2H3. The number of benzene rings is 2. The molecule has 2 aromatic rings. The number of unbranched alkanes of at least 4 members (excludes halogenated alkanes) is 6. The first-order chi connectivity index (χ1) is 16.1. The van der Waals surface area contributed by atoms with Gasteiger partial charge in [-0.2, -0.15) is 0 Å². The zero-order valence-corrected chi connectivity index (χ0v) is 19.8. The third kappa shape index (κ3) is 10.5. The zero-order valence-electron chi connectivity index (χ0n) is 19.8. The molecular weight excluding hydrogens is 420 g/mol. The maximum atomic E-state index is 12.4. The van der Waals surface area contributed by atoms with Crippen molar-refractivity contribution in [2.45, 2.75) is 58.3 Å². The molecule has 0 amide bonds. The van der Waals surface area contributed by atoms with Gasteiger partial charge in [-0.25, -0.2) is 9.59 Å². The second-order valence-corrected chi connectivity index (χ2v) is 7.89. The van der Waals surface area contributed by atoms with Gasteiger partial charge >= 0.3 is 11.9 Å². The molecule has 33 heavy (non-hydrogen) atoms. The van der Waals surface area contributed by atoms with Gasteiger partial charge in [0.05, 0.1) is 24.3 Å². The summed E-state index contributed by atoms with van der Waals surface area (Å²) in [6.07, 6.45) is 8.49. The summed E-state index contributed by atoms with van der Waals surface area (Å²) >= 11 is 0. The average molecular weight is 457 g/mol. The first kappa shape index (κ1) is 26.4. The van der Waals surface area contributed by atoms with Gasteiger partial charge in [-0.1, -0.05) is 32.6 Å². The number of carbonyl (C=O) groups excluding carboxylic acids is 2. The van der Waals surface area contributed by atoms with E-state index in [0.717, 1.165) is 50.9 Å². The fourth-order valence-electron chi connectivity index (χ4n) is 3.18. The van der Waals surface area contributed by atoms with Crippen molar-refractivity contribution < 1.29 is 28.5 Å². The van der Waals surface area contributed by atoms with E-state index in [9.17, 15) is 9.59 Å². The molecule has 2 rings (SSSR count). The van der Waals surface area contributed by atoms with Gasteiger partial charge in [-0.15, -0.1) is 0 Å². The highest BCUT2D eigenvalue weighted by Crippen LogP contribution is 2.18. The lowest BCUT2D eigenvalue weighted by Crippen LogP contribution is -2.09. The first-order valence-corrected chi connectivity index (χ1v) is 11.8. The fourth-order valence-corrected chi connectivity index (χ4v) is 3.18. The lowest BCUT2D eigenvalue weighted by Gasteiger charge is -2.08. The van der Waals surface area contributed by atoms with Crippen LogP contribution >= 0.6 is 0 Å². The second-order valence-electron chi connectivity index (χ2n) is 7.89. The summed E-state index contributed by atoms with van der Waals surface area (Å²) in [5.74, 6) is 0.259. The van der Waals surface area contributed by atoms with E-state index in [4.69, 9.17) is 18.9 Å². The number of esters is 2. The molecule has 0 atom stereocenters. The molecular formula is C27H36O6. The fraction of sp³-hybridized carbons (Fsp3) is 0.481. The van der Waals surface area contributed by atoms with Gasteiger partial charge in [-0.05, 0) is 74.2 Å². The maximum absolute atomic E-state index is 12.4. The Morgan fingerprint density at radius 1 is 0.636 bits per heavy atom. The molecule has 180 valence electrons. The number of carbonyl (C=O) groups is 2. The summed E-state index contributed by atoms with van der Waals surface area (Å²) in [5, 5.41) is 0. The van der Waals surface area contributed by atoms with Crippen LogP contribution in [-0.4, -0.2) is 38.9 Å². The van der Waals surface area contributed by atoms with E-state index in [1.165, 1.54) is 12.8 Å². The molecule has 0 saturated carbocycles. The van der Waals surface area contributed by atoms with Crippen molar-refractivity contribution in [1.29, 1.82) is 0 Å². The van der Waals surface area contributed by atoms with Crippen molar-refractivity contribution >= 4 is 11.9 Å². The summed E-state index contributed by atoms with van der Waals surface area (Å²) < 4.78 is 21.4. The Balaban J connectivity index is 1.72. The molecule has 0 unspecified atom stereocenters. The Bertz CT molecular complexity index is 814. The third-order valence-electron chi connectivity index (χ3n) is 5.13. The van der Waals surface area contributed by atoms with Crippen molar-refractivity contribution in [2.24, 2.45) is 0 Å².